The summed E-state index contributed by atoms with van der Waals surface area (Å²) in [6, 6.07) is 9.47. The topological polar surface area (TPSA) is 70.3 Å². The third kappa shape index (κ3) is 5.03. The average Bonchev–Trinajstić information content (AvgIpc) is 2.29. The summed E-state index contributed by atoms with van der Waals surface area (Å²) in [5.74, 6) is 0. The molecule has 0 fully saturated rings. The second-order valence-corrected chi connectivity index (χ2v) is 3.97. The lowest BCUT2D eigenvalue weighted by molar-refractivity contribution is 0.298. The van der Waals surface area contributed by atoms with Gasteiger partial charge in [0, 0.05) is 0 Å². The van der Waals surface area contributed by atoms with Crippen LogP contribution in [0.15, 0.2) is 24.3 Å². The van der Waals surface area contributed by atoms with Crippen LogP contribution in [-0.2, 0) is 22.0 Å². The molecule has 5 heteroatoms. The lowest BCUT2D eigenvalue weighted by Gasteiger charge is -2.01. The van der Waals surface area contributed by atoms with Gasteiger partial charge in [0.05, 0.1) is 18.2 Å². The molecule has 0 heterocycles. The van der Waals surface area contributed by atoms with E-state index in [0.717, 1.165) is 24.8 Å². The smallest absolute Gasteiger partial charge is 0.284 e. The zero-order valence-electron chi connectivity index (χ0n) is 8.76. The van der Waals surface area contributed by atoms with Crippen molar-refractivity contribution in [2.75, 3.05) is 6.61 Å². The molecule has 0 amide bonds. The van der Waals surface area contributed by atoms with E-state index < -0.39 is 11.4 Å². The normalized spacial score (nSPS) is 12.0. The van der Waals surface area contributed by atoms with Crippen molar-refractivity contribution in [1.29, 1.82) is 5.26 Å². The van der Waals surface area contributed by atoms with Gasteiger partial charge in [0.15, 0.2) is 0 Å². The molecular formula is C11H13NO3S. The molecule has 86 valence electrons. The first-order valence-corrected chi connectivity index (χ1v) is 5.98. The molecule has 1 rings (SSSR count). The van der Waals surface area contributed by atoms with Crippen LogP contribution in [0.2, 0.25) is 0 Å². The Morgan fingerprint density at radius 2 is 2.00 bits per heavy atom. The molecule has 16 heavy (non-hydrogen) atoms. The van der Waals surface area contributed by atoms with Crippen LogP contribution in [0.4, 0.5) is 0 Å². The van der Waals surface area contributed by atoms with Crippen molar-refractivity contribution in [2.45, 2.75) is 19.3 Å². The van der Waals surface area contributed by atoms with Crippen molar-refractivity contribution in [3.8, 4) is 6.07 Å². The third-order valence-electron chi connectivity index (χ3n) is 2.13. The van der Waals surface area contributed by atoms with Gasteiger partial charge in [0.25, 0.3) is 0 Å². The highest BCUT2D eigenvalue weighted by molar-refractivity contribution is 7.74. The number of aryl methyl sites for hydroxylation is 1. The summed E-state index contributed by atoms with van der Waals surface area (Å²) in [5, 5.41) is 8.61. The maximum Gasteiger partial charge on any atom is 0.301 e. The number of hydrogen-bond acceptors (Lipinski definition) is 3. The van der Waals surface area contributed by atoms with Crippen molar-refractivity contribution in [3.63, 3.8) is 0 Å². The van der Waals surface area contributed by atoms with Crippen molar-refractivity contribution in [2.24, 2.45) is 0 Å². The van der Waals surface area contributed by atoms with Gasteiger partial charge in [0.2, 0.25) is 0 Å². The summed E-state index contributed by atoms with van der Waals surface area (Å²) in [6.07, 6.45) is 2.52. The molecule has 0 aromatic heterocycles. The van der Waals surface area contributed by atoms with Gasteiger partial charge in [0.1, 0.15) is 0 Å². The van der Waals surface area contributed by atoms with Crippen LogP contribution < -0.4 is 0 Å². The molecule has 4 nitrogen and oxygen atoms in total. The first-order chi connectivity index (χ1) is 7.72. The Balaban J connectivity index is 2.22. The van der Waals surface area contributed by atoms with E-state index >= 15 is 0 Å². The van der Waals surface area contributed by atoms with E-state index in [-0.39, 0.29) is 0 Å². The van der Waals surface area contributed by atoms with Gasteiger partial charge in [-0.2, -0.15) is 9.47 Å². The fourth-order valence-corrected chi connectivity index (χ4v) is 1.57. The molecule has 1 aromatic rings. The zero-order valence-corrected chi connectivity index (χ0v) is 9.57. The quantitative estimate of drug-likeness (QED) is 0.609. The predicted molar refractivity (Wildman–Crippen MR) is 60.8 cm³/mol. The summed E-state index contributed by atoms with van der Waals surface area (Å²) in [6.45, 7) is 0.291. The van der Waals surface area contributed by atoms with Gasteiger partial charge in [-0.05, 0) is 37.0 Å². The zero-order chi connectivity index (χ0) is 11.8. The largest absolute Gasteiger partial charge is 0.301 e. The summed E-state index contributed by atoms with van der Waals surface area (Å²) in [5.41, 5.74) is 1.81. The van der Waals surface area contributed by atoms with E-state index in [1.54, 1.807) is 12.1 Å². The molecule has 0 radical (unpaired) electrons. The Hall–Kier alpha value is -1.22. The minimum Gasteiger partial charge on any atom is -0.284 e. The van der Waals surface area contributed by atoms with E-state index in [9.17, 15) is 4.21 Å². The molecule has 0 saturated carbocycles. The van der Waals surface area contributed by atoms with Crippen LogP contribution in [-0.4, -0.2) is 15.4 Å². The van der Waals surface area contributed by atoms with Crippen molar-refractivity contribution in [1.82, 2.24) is 0 Å². The maximum absolute atomic E-state index is 10.2. The van der Waals surface area contributed by atoms with Crippen molar-refractivity contribution >= 4 is 11.4 Å². The molecule has 1 unspecified atom stereocenters. The van der Waals surface area contributed by atoms with Crippen molar-refractivity contribution < 1.29 is 12.9 Å². The predicted octanol–water partition coefficient (Wildman–Crippen LogP) is 2.03. The van der Waals surface area contributed by atoms with Gasteiger partial charge in [-0.15, -0.1) is 0 Å². The molecule has 0 saturated heterocycles. The Kier molecular flexibility index (Phi) is 5.72. The first-order valence-electron chi connectivity index (χ1n) is 4.95. The molecule has 0 spiro atoms. The summed E-state index contributed by atoms with van der Waals surface area (Å²) in [7, 11) is 0. The molecule has 0 aliphatic heterocycles. The molecule has 0 aliphatic rings. The Morgan fingerprint density at radius 3 is 2.56 bits per heavy atom. The minimum atomic E-state index is -2.15. The third-order valence-corrected chi connectivity index (χ3v) is 2.50. The average molecular weight is 239 g/mol. The molecule has 1 aromatic carbocycles. The minimum absolute atomic E-state index is 0.291. The maximum atomic E-state index is 10.2. The Labute approximate surface area is 97.3 Å². The SMILES string of the molecule is N#Cc1ccc(CCCCOS(=O)O)cc1. The molecule has 0 aliphatic carbocycles. The highest BCUT2D eigenvalue weighted by Crippen LogP contribution is 2.07. The van der Waals surface area contributed by atoms with Crippen LogP contribution in [0, 0.1) is 11.3 Å². The summed E-state index contributed by atoms with van der Waals surface area (Å²) < 4.78 is 23.0. The number of benzene rings is 1. The first kappa shape index (κ1) is 12.8. The van der Waals surface area contributed by atoms with Gasteiger partial charge >= 0.3 is 11.4 Å². The van der Waals surface area contributed by atoms with Gasteiger partial charge < -0.3 is 0 Å². The lowest BCUT2D eigenvalue weighted by Crippen LogP contribution is -1.98. The van der Waals surface area contributed by atoms with Crippen LogP contribution in [0.5, 0.6) is 0 Å². The monoisotopic (exact) mass is 239 g/mol. The van der Waals surface area contributed by atoms with Crippen LogP contribution in [0.3, 0.4) is 0 Å². The van der Waals surface area contributed by atoms with Crippen molar-refractivity contribution in [3.05, 3.63) is 35.4 Å². The number of nitriles is 1. The van der Waals surface area contributed by atoms with E-state index in [4.69, 9.17) is 9.81 Å². The van der Waals surface area contributed by atoms with Gasteiger partial charge in [-0.25, -0.2) is 0 Å². The summed E-state index contributed by atoms with van der Waals surface area (Å²) in [4.78, 5) is 0. The van der Waals surface area contributed by atoms with E-state index in [2.05, 4.69) is 10.3 Å². The number of unbranched alkanes of at least 4 members (excludes halogenated alkanes) is 1. The molecule has 1 N–H and O–H groups in total. The van der Waals surface area contributed by atoms with Gasteiger partial charge in [-0.1, -0.05) is 12.1 Å². The molecular weight excluding hydrogens is 226 g/mol. The van der Waals surface area contributed by atoms with E-state index in [0.29, 0.717) is 12.2 Å². The number of nitrogens with zero attached hydrogens (tertiary/aromatic N) is 1. The van der Waals surface area contributed by atoms with Crippen LogP contribution in [0.25, 0.3) is 0 Å². The van der Waals surface area contributed by atoms with E-state index in [1.165, 1.54) is 0 Å². The highest BCUT2D eigenvalue weighted by atomic mass is 32.2. The Morgan fingerprint density at radius 1 is 1.31 bits per heavy atom. The molecule has 0 bridgehead atoms. The summed E-state index contributed by atoms with van der Waals surface area (Å²) >= 11 is -2.15. The van der Waals surface area contributed by atoms with Crippen LogP contribution in [0.1, 0.15) is 24.0 Å². The highest BCUT2D eigenvalue weighted by Gasteiger charge is 1.96. The number of hydrogen-bond donors (Lipinski definition) is 1. The Bertz CT molecular complexity index is 383. The van der Waals surface area contributed by atoms with E-state index in [1.807, 2.05) is 12.1 Å². The lowest BCUT2D eigenvalue weighted by atomic mass is 10.1. The molecule has 1 atom stereocenters. The fourth-order valence-electron chi connectivity index (χ4n) is 1.31. The van der Waals surface area contributed by atoms with Gasteiger partial charge in [-0.3, -0.25) is 8.74 Å². The number of rotatable bonds is 6. The standard InChI is InChI=1S/C11H13NO3S/c12-9-11-6-4-10(5-7-11)3-1-2-8-15-16(13)14/h4-7H,1-3,8H2,(H,13,14). The van der Waals surface area contributed by atoms with Crippen LogP contribution >= 0.6 is 0 Å². The fraction of sp³-hybridized carbons (Fsp3) is 0.364. The second kappa shape index (κ2) is 7.12. The second-order valence-electron chi connectivity index (χ2n) is 3.30.